The minimum atomic E-state index is -3.92. The van der Waals surface area contributed by atoms with Crippen LogP contribution in [0.4, 0.5) is 5.69 Å². The summed E-state index contributed by atoms with van der Waals surface area (Å²) in [6.07, 6.45) is 1.63. The van der Waals surface area contributed by atoms with Gasteiger partial charge in [-0.25, -0.2) is 8.42 Å². The molecule has 1 atom stereocenters. The Kier molecular flexibility index (Phi) is 6.82. The van der Waals surface area contributed by atoms with E-state index in [0.717, 1.165) is 4.31 Å². The highest BCUT2D eigenvalue weighted by Crippen LogP contribution is 2.27. The molecular formula is C22H22ClN3O4S. The molecule has 0 aliphatic heterocycles. The van der Waals surface area contributed by atoms with Crippen molar-refractivity contribution in [2.45, 2.75) is 17.9 Å². The molecule has 3 aromatic rings. The van der Waals surface area contributed by atoms with Crippen LogP contribution in [0.2, 0.25) is 5.02 Å². The molecule has 3 rings (SSSR count). The number of ether oxygens (including phenoxy) is 1. The van der Waals surface area contributed by atoms with Gasteiger partial charge in [-0.05, 0) is 61.5 Å². The lowest BCUT2D eigenvalue weighted by Crippen LogP contribution is -2.29. The number of carbonyl (C=O) groups excluding carboxylic acids is 1. The number of hydrogen-bond acceptors (Lipinski definition) is 5. The van der Waals surface area contributed by atoms with Crippen LogP contribution < -0.4 is 14.4 Å². The van der Waals surface area contributed by atoms with Gasteiger partial charge in [0.15, 0.2) is 0 Å². The molecule has 0 aliphatic rings. The van der Waals surface area contributed by atoms with Crippen LogP contribution in [0.25, 0.3) is 0 Å². The summed E-state index contributed by atoms with van der Waals surface area (Å²) >= 11 is 6.20. The van der Waals surface area contributed by atoms with E-state index in [9.17, 15) is 13.2 Å². The Hall–Kier alpha value is -3.10. The van der Waals surface area contributed by atoms with E-state index < -0.39 is 15.9 Å². The summed E-state index contributed by atoms with van der Waals surface area (Å²) in [5.74, 6) is 0.120. The summed E-state index contributed by atoms with van der Waals surface area (Å²) in [6.45, 7) is 1.78. The highest BCUT2D eigenvalue weighted by atomic mass is 35.5. The Morgan fingerprint density at radius 1 is 1.13 bits per heavy atom. The number of sulfonamides is 1. The van der Waals surface area contributed by atoms with E-state index in [1.165, 1.54) is 32.4 Å². The Morgan fingerprint density at radius 2 is 1.84 bits per heavy atom. The third-order valence-electron chi connectivity index (χ3n) is 4.76. The second kappa shape index (κ2) is 9.36. The number of nitrogens with one attached hydrogen (secondary N) is 1. The number of halogens is 1. The number of rotatable bonds is 7. The Morgan fingerprint density at radius 3 is 2.45 bits per heavy atom. The second-order valence-electron chi connectivity index (χ2n) is 6.76. The number of aromatic nitrogens is 1. The summed E-state index contributed by atoms with van der Waals surface area (Å²) in [4.78, 5) is 17.0. The van der Waals surface area contributed by atoms with Crippen LogP contribution in [0.3, 0.4) is 0 Å². The number of methoxy groups -OCH3 is 1. The average Bonchev–Trinajstić information content (AvgIpc) is 2.79. The van der Waals surface area contributed by atoms with Crippen molar-refractivity contribution in [3.63, 3.8) is 0 Å². The molecule has 1 N–H and O–H groups in total. The van der Waals surface area contributed by atoms with E-state index in [2.05, 4.69) is 10.3 Å². The van der Waals surface area contributed by atoms with Crippen molar-refractivity contribution in [3.8, 4) is 5.75 Å². The predicted molar refractivity (Wildman–Crippen MR) is 120 cm³/mol. The van der Waals surface area contributed by atoms with Gasteiger partial charge in [0.2, 0.25) is 0 Å². The smallest absolute Gasteiger partial charge is 0.264 e. The number of carbonyl (C=O) groups is 1. The number of hydrogen-bond donors (Lipinski definition) is 1. The molecule has 1 amide bonds. The summed E-state index contributed by atoms with van der Waals surface area (Å²) < 4.78 is 32.5. The number of anilines is 1. The van der Waals surface area contributed by atoms with E-state index in [0.29, 0.717) is 17.1 Å². The first kappa shape index (κ1) is 22.6. The van der Waals surface area contributed by atoms with Crippen LogP contribution in [0.15, 0.2) is 71.8 Å². The lowest BCUT2D eigenvalue weighted by atomic mass is 10.1. The zero-order valence-corrected chi connectivity index (χ0v) is 18.8. The van der Waals surface area contributed by atoms with Crippen molar-refractivity contribution < 1.29 is 17.9 Å². The minimum Gasteiger partial charge on any atom is -0.497 e. The molecule has 1 heterocycles. The van der Waals surface area contributed by atoms with Crippen LogP contribution in [-0.2, 0) is 10.0 Å². The topological polar surface area (TPSA) is 88.6 Å². The predicted octanol–water partition coefficient (Wildman–Crippen LogP) is 4.06. The maximum Gasteiger partial charge on any atom is 0.264 e. The SMILES string of the molecule is COc1ccc(N(C)S(=O)(=O)c2ccc(Cl)c(C(=O)NC(C)c3ccccn3)c2)cc1. The zero-order valence-electron chi connectivity index (χ0n) is 17.2. The lowest BCUT2D eigenvalue weighted by molar-refractivity contribution is 0.0939. The molecule has 0 aliphatic carbocycles. The van der Waals surface area contributed by atoms with Crippen molar-refractivity contribution in [2.75, 3.05) is 18.5 Å². The van der Waals surface area contributed by atoms with E-state index in [1.54, 1.807) is 49.5 Å². The Bertz CT molecular complexity index is 1170. The fraction of sp³-hybridized carbons (Fsp3) is 0.182. The average molecular weight is 460 g/mol. The first-order valence-corrected chi connectivity index (χ1v) is 11.2. The van der Waals surface area contributed by atoms with Crippen molar-refractivity contribution >= 4 is 33.2 Å². The molecule has 0 saturated carbocycles. The monoisotopic (exact) mass is 459 g/mol. The van der Waals surface area contributed by atoms with Crippen molar-refractivity contribution in [1.82, 2.24) is 10.3 Å². The van der Waals surface area contributed by atoms with Crippen LogP contribution in [0.1, 0.15) is 29.0 Å². The van der Waals surface area contributed by atoms with Crippen LogP contribution >= 0.6 is 11.6 Å². The molecule has 0 fully saturated rings. The fourth-order valence-electron chi connectivity index (χ4n) is 2.91. The molecule has 1 unspecified atom stereocenters. The molecule has 31 heavy (non-hydrogen) atoms. The number of amides is 1. The van der Waals surface area contributed by atoms with E-state index >= 15 is 0 Å². The van der Waals surface area contributed by atoms with Gasteiger partial charge in [-0.2, -0.15) is 0 Å². The van der Waals surface area contributed by atoms with Crippen LogP contribution in [0, 0.1) is 0 Å². The van der Waals surface area contributed by atoms with Gasteiger partial charge in [-0.3, -0.25) is 14.1 Å². The quantitative estimate of drug-likeness (QED) is 0.575. The van der Waals surface area contributed by atoms with Gasteiger partial charge < -0.3 is 10.1 Å². The van der Waals surface area contributed by atoms with E-state index in [1.807, 2.05) is 6.07 Å². The maximum atomic E-state index is 13.1. The van der Waals surface area contributed by atoms with E-state index in [-0.39, 0.29) is 21.5 Å². The molecule has 162 valence electrons. The molecule has 2 aromatic carbocycles. The zero-order chi connectivity index (χ0) is 22.6. The molecule has 0 spiro atoms. The Balaban J connectivity index is 1.87. The van der Waals surface area contributed by atoms with Gasteiger partial charge in [0.05, 0.1) is 40.0 Å². The standard InChI is InChI=1S/C22H22ClN3O4S/c1-15(21-6-4-5-13-24-21)25-22(27)19-14-18(11-12-20(19)23)31(28,29)26(2)16-7-9-17(30-3)10-8-16/h4-15H,1-3H3,(H,25,27). The molecule has 1 aromatic heterocycles. The van der Waals surface area contributed by atoms with Crippen molar-refractivity contribution in [2.24, 2.45) is 0 Å². The van der Waals surface area contributed by atoms with Gasteiger partial charge in [0.1, 0.15) is 5.75 Å². The fourth-order valence-corrected chi connectivity index (χ4v) is 4.33. The van der Waals surface area contributed by atoms with Gasteiger partial charge >= 0.3 is 0 Å². The molecule has 0 bridgehead atoms. The van der Waals surface area contributed by atoms with Gasteiger partial charge in [-0.15, -0.1) is 0 Å². The third-order valence-corrected chi connectivity index (χ3v) is 6.87. The Labute approximate surface area is 186 Å². The molecule has 7 nitrogen and oxygen atoms in total. The third kappa shape index (κ3) is 4.98. The highest BCUT2D eigenvalue weighted by Gasteiger charge is 2.24. The summed E-state index contributed by atoms with van der Waals surface area (Å²) in [6, 6.07) is 15.7. The summed E-state index contributed by atoms with van der Waals surface area (Å²) in [5.41, 5.74) is 1.19. The summed E-state index contributed by atoms with van der Waals surface area (Å²) in [5, 5.41) is 2.95. The summed E-state index contributed by atoms with van der Waals surface area (Å²) in [7, 11) is -0.952. The molecule has 0 radical (unpaired) electrons. The maximum absolute atomic E-state index is 13.1. The molecule has 9 heteroatoms. The van der Waals surface area contributed by atoms with Crippen LogP contribution in [0.5, 0.6) is 5.75 Å². The van der Waals surface area contributed by atoms with Crippen molar-refractivity contribution in [3.05, 3.63) is 83.1 Å². The normalized spacial score (nSPS) is 12.1. The number of benzene rings is 2. The van der Waals surface area contributed by atoms with E-state index in [4.69, 9.17) is 16.3 Å². The largest absolute Gasteiger partial charge is 0.497 e. The van der Waals surface area contributed by atoms with Gasteiger partial charge in [0.25, 0.3) is 15.9 Å². The van der Waals surface area contributed by atoms with Crippen molar-refractivity contribution in [1.29, 1.82) is 0 Å². The first-order chi connectivity index (χ1) is 14.7. The second-order valence-corrected chi connectivity index (χ2v) is 9.14. The minimum absolute atomic E-state index is 0.0501. The molecule has 0 saturated heterocycles. The highest BCUT2D eigenvalue weighted by molar-refractivity contribution is 7.92. The first-order valence-electron chi connectivity index (χ1n) is 9.38. The van der Waals surface area contributed by atoms with Gasteiger partial charge in [-0.1, -0.05) is 17.7 Å². The van der Waals surface area contributed by atoms with Crippen LogP contribution in [-0.4, -0.2) is 33.5 Å². The number of nitrogens with zero attached hydrogens (tertiary/aromatic N) is 2. The number of pyridine rings is 1. The van der Waals surface area contributed by atoms with Gasteiger partial charge in [0, 0.05) is 13.2 Å². The lowest BCUT2D eigenvalue weighted by Gasteiger charge is -2.20. The molecular weight excluding hydrogens is 438 g/mol.